The van der Waals surface area contributed by atoms with Crippen LogP contribution in [0.3, 0.4) is 0 Å². The Balaban J connectivity index is 0.000000189. The van der Waals surface area contributed by atoms with Crippen LogP contribution in [0.4, 0.5) is 28.4 Å². The first-order valence-electron chi connectivity index (χ1n) is 52.1. The quantitative estimate of drug-likeness (QED) is 0.0619. The fourth-order valence-electron chi connectivity index (χ4n) is 20.1. The summed E-state index contributed by atoms with van der Waals surface area (Å²) in [6, 6.07) is 52.9. The number of fused-ring (bicyclic) bond motifs is 8. The summed E-state index contributed by atoms with van der Waals surface area (Å²) in [7, 11) is 9.71. The van der Waals surface area contributed by atoms with Gasteiger partial charge in [-0.25, -0.2) is 9.59 Å². The zero-order valence-electron chi connectivity index (χ0n) is 88.4. The number of nitrogens with one attached hydrogen (secondary N) is 2. The van der Waals surface area contributed by atoms with Gasteiger partial charge in [0.25, 0.3) is 11.8 Å². The van der Waals surface area contributed by atoms with Gasteiger partial charge in [0.05, 0.1) is 80.9 Å². The van der Waals surface area contributed by atoms with Crippen LogP contribution in [0.15, 0.2) is 162 Å². The van der Waals surface area contributed by atoms with Crippen molar-refractivity contribution in [2.45, 2.75) is 306 Å². The Morgan fingerprint density at radius 2 is 0.608 bits per heavy atom. The van der Waals surface area contributed by atoms with Crippen molar-refractivity contribution in [2.75, 3.05) is 87.6 Å². The Labute approximate surface area is 887 Å². The number of methoxy groups -OCH3 is 6. The summed E-state index contributed by atoms with van der Waals surface area (Å²) in [4.78, 5) is 87.8. The molecule has 0 bridgehead atoms. The topological polar surface area (TPSA) is 313 Å². The largest absolute Gasteiger partial charge is 0.507 e. The van der Waals surface area contributed by atoms with Gasteiger partial charge < -0.3 is 74.2 Å². The number of carbonyl (C=O) groups is 7. The molecule has 0 radical (unpaired) electrons. The first kappa shape index (κ1) is 118. The molecule has 10 aromatic rings. The van der Waals surface area contributed by atoms with E-state index in [2.05, 4.69) is 123 Å². The molecule has 8 aliphatic rings. The highest BCUT2D eigenvalue weighted by Crippen LogP contribution is 2.41. The molecule has 0 spiro atoms. The molecule has 3 aliphatic heterocycles. The van der Waals surface area contributed by atoms with Gasteiger partial charge in [0.1, 0.15) is 63.2 Å². The number of carboxylic acid groups (broad SMARTS) is 2. The third kappa shape index (κ3) is 33.2. The van der Waals surface area contributed by atoms with Crippen molar-refractivity contribution < 1.29 is 82.4 Å². The number of aromatic hydroxyl groups is 2. The molecule has 5 amide bonds. The molecule has 24 heteroatoms. The highest BCUT2D eigenvalue weighted by Gasteiger charge is 2.29. The zero-order valence-corrected chi connectivity index (χ0v) is 90.0. The monoisotopic (exact) mass is 2080 g/mol. The highest BCUT2D eigenvalue weighted by atomic mass is 79.9. The standard InChI is InChI=1S/C23H29NO2.C22H27NO2.C14H16N2O2.C13H16BrNO2.C13H17NO2.C13H16O3.C12H14O3.C12H16O.2CH4/c1-23(2,3)18-10-12-19(13-11-18)24-22(25)20-14-16-8-6-5-7-9-17(16)15-21(20)26-4;1-22(2,3)17-9-11-18(12-10-17)23-21(25)19-13-15-7-5-4-6-8-16(15)14-20(19)24;1-10(17)16-6-4-3-5-11-7-12(9-15)14(18-2)8-13(11)16;1-9(16)15-6-4-3-5-10-7-11(14)13(17-2)8-12(10)15;1-10(15)14-8-4-3-5-11-6-7-12(16-2)9-13(11)14;1-16-12-8-10-6-4-2-3-5-9(10)7-11(12)13(14)15;13-11-7-9-5-3-1-2-4-8(9)6-10(11)12(14)15;1-13-12-8-7-10-5-3-2-4-6-11(10)9-12;;/h10-15H,5-9H2,1-4H3,(H,24,25);9-14,24H,4-8H2,1-3H3,(H,23,25);7-8H,3-6H2,1-2H3;7-8H,3-6H2,1-2H3;6-7,9H,3-5,8H2,1-2H3;7-8H,2-6H2,1H3,(H,14,15);6-7,13H,1-5H2,(H,14,15);7-9H,2-6H2,1H3;2*1H4. The van der Waals surface area contributed by atoms with Gasteiger partial charge in [0, 0.05) is 70.0 Å². The van der Waals surface area contributed by atoms with Crippen molar-refractivity contribution >= 4 is 85.8 Å². The van der Waals surface area contributed by atoms with E-state index in [4.69, 9.17) is 43.9 Å². The number of phenols is 2. The maximum atomic E-state index is 12.9. The number of anilines is 5. The van der Waals surface area contributed by atoms with Crippen molar-refractivity contribution in [1.29, 1.82) is 5.26 Å². The van der Waals surface area contributed by atoms with Crippen LogP contribution in [-0.4, -0.2) is 124 Å². The summed E-state index contributed by atoms with van der Waals surface area (Å²) < 4.78 is 32.5. The van der Waals surface area contributed by atoms with Gasteiger partial charge in [-0.05, 0) is 400 Å². The van der Waals surface area contributed by atoms with E-state index in [0.29, 0.717) is 33.9 Å². The number of nitrogens with zero attached hydrogens (tertiary/aromatic N) is 4. The van der Waals surface area contributed by atoms with Gasteiger partial charge in [0.15, 0.2) is 0 Å². The minimum absolute atomic E-state index is 0. The first-order valence-corrected chi connectivity index (χ1v) is 52.9. The summed E-state index contributed by atoms with van der Waals surface area (Å²) in [6.45, 7) is 20.2. The molecule has 0 unspecified atom stereocenters. The lowest BCUT2D eigenvalue weighted by atomic mass is 9.87. The lowest BCUT2D eigenvalue weighted by Crippen LogP contribution is -2.29. The third-order valence-corrected chi connectivity index (χ3v) is 29.1. The van der Waals surface area contributed by atoms with E-state index in [9.17, 15) is 43.8 Å². The molecule has 5 aliphatic carbocycles. The van der Waals surface area contributed by atoms with Crippen molar-refractivity contribution in [3.63, 3.8) is 0 Å². The van der Waals surface area contributed by atoms with Crippen molar-refractivity contribution in [2.24, 2.45) is 0 Å². The number of aryl methyl sites for hydroxylation is 13. The van der Waals surface area contributed by atoms with Crippen LogP contribution in [0.25, 0.3) is 0 Å². The number of hydrogen-bond donors (Lipinski definition) is 6. The molecule has 0 saturated carbocycles. The molecule has 0 atom stereocenters. The van der Waals surface area contributed by atoms with Gasteiger partial charge in [-0.15, -0.1) is 0 Å². The van der Waals surface area contributed by atoms with Crippen molar-refractivity contribution in [1.82, 2.24) is 0 Å². The van der Waals surface area contributed by atoms with E-state index in [1.54, 1.807) is 84.4 Å². The normalized spacial score (nSPS) is 14.7. The number of halogens is 1. The number of carbonyl (C=O) groups excluding carboxylic acids is 5. The molecule has 6 N–H and O–H groups in total. The van der Waals surface area contributed by atoms with Crippen LogP contribution in [0, 0.1) is 11.3 Å². The zero-order chi connectivity index (χ0) is 105. The molecule has 794 valence electrons. The summed E-state index contributed by atoms with van der Waals surface area (Å²) in [5.74, 6) is 2.12. The molecule has 0 aromatic heterocycles. The second-order valence-corrected chi connectivity index (χ2v) is 41.7. The average Bonchev–Trinajstić information content (AvgIpc) is 1.74. The molecule has 148 heavy (non-hydrogen) atoms. The third-order valence-electron chi connectivity index (χ3n) is 28.4. The second kappa shape index (κ2) is 57.4. The van der Waals surface area contributed by atoms with E-state index in [-0.39, 0.29) is 77.8 Å². The number of aromatic carboxylic acids is 2. The van der Waals surface area contributed by atoms with Gasteiger partial charge in [-0.3, -0.25) is 24.0 Å². The van der Waals surface area contributed by atoms with Crippen LogP contribution in [0.2, 0.25) is 0 Å². The fourth-order valence-corrected chi connectivity index (χ4v) is 20.6. The summed E-state index contributed by atoms with van der Waals surface area (Å²) in [6.07, 6.45) is 38.0. The number of amides is 5. The maximum Gasteiger partial charge on any atom is 0.339 e. The molecule has 0 saturated heterocycles. The molecule has 3 heterocycles. The number of nitriles is 1. The average molecular weight is 2090 g/mol. The first-order chi connectivity index (χ1) is 70.0. The van der Waals surface area contributed by atoms with Crippen LogP contribution in [0.5, 0.6) is 46.0 Å². The maximum absolute atomic E-state index is 12.9. The van der Waals surface area contributed by atoms with Gasteiger partial charge in [0.2, 0.25) is 17.7 Å². The number of ether oxygens (including phenoxy) is 6. The van der Waals surface area contributed by atoms with E-state index in [0.717, 1.165) is 228 Å². The van der Waals surface area contributed by atoms with E-state index >= 15 is 0 Å². The SMILES string of the molecule is C.C.CC(C)(C)c1ccc(NC(=O)c2cc3c(cc2O)CCCCC3)cc1.COc1cc2c(cc1Br)CCCCN2C(C)=O.COc1cc2c(cc1C#N)CCCCN2C(C)=O.COc1cc2c(cc1C(=O)Nc1ccc(C(C)(C)C)cc1)CCCCC2.COc1cc2c(cc1C(=O)O)CCCCC2.COc1ccc2c(c1)CCCCC2.COc1ccc2c(c1)N(C(C)=O)CCCC2.O=C(O)c1cc2c(cc1O)CCCCC2. The molecule has 10 aromatic carbocycles. The van der Waals surface area contributed by atoms with Gasteiger partial charge >= 0.3 is 11.9 Å². The minimum atomic E-state index is -1.06. The predicted molar refractivity (Wildman–Crippen MR) is 599 cm³/mol. The number of phenolic OH excluding ortho intramolecular Hbond substituents is 1. The lowest BCUT2D eigenvalue weighted by molar-refractivity contribution is -0.117. The van der Waals surface area contributed by atoms with E-state index in [1.165, 1.54) is 158 Å². The summed E-state index contributed by atoms with van der Waals surface area (Å²) in [5.41, 5.74) is 25.1. The number of rotatable bonds is 12. The summed E-state index contributed by atoms with van der Waals surface area (Å²) in [5, 5.41) is 52.8. The van der Waals surface area contributed by atoms with Crippen LogP contribution >= 0.6 is 15.9 Å². The Morgan fingerprint density at radius 3 is 0.986 bits per heavy atom. The van der Waals surface area contributed by atoms with E-state index < -0.39 is 11.9 Å². The van der Waals surface area contributed by atoms with Crippen LogP contribution < -0.4 is 53.8 Å². The molecule has 18 rings (SSSR count). The molecule has 23 nitrogen and oxygen atoms in total. The van der Waals surface area contributed by atoms with Crippen LogP contribution in [0.1, 0.15) is 342 Å². The highest BCUT2D eigenvalue weighted by molar-refractivity contribution is 9.10. The molecular weight excluding hydrogens is 1930 g/mol. The van der Waals surface area contributed by atoms with Crippen molar-refractivity contribution in [3.05, 3.63) is 273 Å². The van der Waals surface area contributed by atoms with Crippen LogP contribution in [-0.2, 0) is 109 Å². The smallest absolute Gasteiger partial charge is 0.339 e. The lowest BCUT2D eigenvalue weighted by Gasteiger charge is -2.22. The number of benzene rings is 10. The molecule has 0 fully saturated rings. The Hall–Kier alpha value is -13.1. The predicted octanol–water partition coefficient (Wildman–Crippen LogP) is 27.8. The number of carboxylic acids is 2. The van der Waals surface area contributed by atoms with Gasteiger partial charge in [-0.2, -0.15) is 5.26 Å². The van der Waals surface area contributed by atoms with Crippen molar-refractivity contribution in [3.8, 4) is 52.1 Å². The Bertz CT molecular complexity index is 6230. The minimum Gasteiger partial charge on any atom is -0.507 e. The Kier molecular flexibility index (Phi) is 45.9. The fraction of sp³-hybridized carbons (Fsp3) is 0.452. The summed E-state index contributed by atoms with van der Waals surface area (Å²) >= 11 is 3.49. The second-order valence-electron chi connectivity index (χ2n) is 40.8. The molecular formula is C124H159BrN6O17. The Morgan fingerprint density at radius 1 is 0.311 bits per heavy atom. The van der Waals surface area contributed by atoms with E-state index in [1.807, 2.05) is 88.7 Å². The van der Waals surface area contributed by atoms with Gasteiger partial charge in [-0.1, -0.05) is 125 Å². The number of hydrogen-bond acceptors (Lipinski definition) is 16.